The summed E-state index contributed by atoms with van der Waals surface area (Å²) < 4.78 is 34.4. The lowest BCUT2D eigenvalue weighted by Gasteiger charge is -2.17. The van der Waals surface area contributed by atoms with Crippen LogP contribution < -0.4 is 10.7 Å². The van der Waals surface area contributed by atoms with Crippen LogP contribution in [0.25, 0.3) is 12.2 Å². The van der Waals surface area contributed by atoms with Gasteiger partial charge in [-0.2, -0.15) is 0 Å². The Morgan fingerprint density at radius 3 is 3.20 bits per heavy atom. The molecule has 0 aromatic carbocycles. The van der Waals surface area contributed by atoms with Crippen molar-refractivity contribution in [3.8, 4) is 0 Å². The van der Waals surface area contributed by atoms with Gasteiger partial charge >= 0.3 is 6.29 Å². The molecular formula is C9H10F2N2O2. The molecule has 0 saturated heterocycles. The number of rotatable bonds is 0. The summed E-state index contributed by atoms with van der Waals surface area (Å²) in [6, 6.07) is 0. The fourth-order valence-electron chi connectivity index (χ4n) is 1.35. The fraction of sp³-hybridized carbons (Fsp3) is 0.444. The van der Waals surface area contributed by atoms with Crippen molar-refractivity contribution in [1.29, 1.82) is 0 Å². The minimum Gasteiger partial charge on any atom is -0.345 e. The van der Waals surface area contributed by atoms with Gasteiger partial charge in [-0.05, 0) is 19.1 Å². The Bertz CT molecular complexity index is 455. The highest BCUT2D eigenvalue weighted by Crippen LogP contribution is 2.19. The first-order valence-corrected chi connectivity index (χ1v) is 4.48. The number of halogens is 2. The molecule has 82 valence electrons. The molecule has 1 aromatic rings. The van der Waals surface area contributed by atoms with Gasteiger partial charge in [0, 0.05) is 0 Å². The number of aromatic amines is 1. The normalized spacial score (nSPS) is 29.7. The van der Waals surface area contributed by atoms with E-state index >= 15 is 0 Å². The molecule has 1 unspecified atom stereocenters. The second-order valence-electron chi connectivity index (χ2n) is 3.17. The molecule has 0 saturated carbocycles. The van der Waals surface area contributed by atoms with E-state index in [1.807, 2.05) is 0 Å². The average Bonchev–Trinajstić information content (AvgIpc) is 2.50. The van der Waals surface area contributed by atoms with Crippen molar-refractivity contribution in [2.24, 2.45) is 0 Å². The lowest BCUT2D eigenvalue weighted by molar-refractivity contribution is -0.393. The van der Waals surface area contributed by atoms with Crippen LogP contribution in [-0.2, 0) is 9.47 Å². The SMILES string of the molecule is CC1/C=c2/[nH]cn/c2=C/COC(F)(F)O1. The summed E-state index contributed by atoms with van der Waals surface area (Å²) in [7, 11) is 0. The summed E-state index contributed by atoms with van der Waals surface area (Å²) in [5.41, 5.74) is 0. The maximum Gasteiger partial charge on any atom is 0.486 e. The molecule has 2 rings (SSSR count). The lowest BCUT2D eigenvalue weighted by Crippen LogP contribution is -2.29. The second-order valence-corrected chi connectivity index (χ2v) is 3.17. The van der Waals surface area contributed by atoms with Gasteiger partial charge in [-0.15, -0.1) is 8.78 Å². The van der Waals surface area contributed by atoms with Crippen molar-refractivity contribution in [2.75, 3.05) is 6.61 Å². The van der Waals surface area contributed by atoms with E-state index in [9.17, 15) is 8.78 Å². The summed E-state index contributed by atoms with van der Waals surface area (Å²) in [6.45, 7) is 1.26. The van der Waals surface area contributed by atoms with Gasteiger partial charge in [0.05, 0.1) is 29.7 Å². The maximum absolute atomic E-state index is 12.9. The largest absolute Gasteiger partial charge is 0.486 e. The molecule has 0 bridgehead atoms. The zero-order valence-electron chi connectivity index (χ0n) is 8.04. The predicted molar refractivity (Wildman–Crippen MR) is 48.2 cm³/mol. The molecule has 0 radical (unpaired) electrons. The number of nitrogens with one attached hydrogen (secondary N) is 1. The van der Waals surface area contributed by atoms with Crippen LogP contribution in [0.15, 0.2) is 6.33 Å². The van der Waals surface area contributed by atoms with Crippen LogP contribution in [0, 0.1) is 0 Å². The minimum atomic E-state index is -3.56. The van der Waals surface area contributed by atoms with E-state index in [0.717, 1.165) is 0 Å². The number of hydrogen-bond acceptors (Lipinski definition) is 3. The van der Waals surface area contributed by atoms with Crippen molar-refractivity contribution in [2.45, 2.75) is 19.3 Å². The Labute approximate surface area is 84.2 Å². The summed E-state index contributed by atoms with van der Waals surface area (Å²) in [6.07, 6.45) is 0.171. The van der Waals surface area contributed by atoms with Crippen LogP contribution in [0.2, 0.25) is 0 Å². The first kappa shape index (κ1) is 10.3. The molecule has 1 atom stereocenters. The molecule has 2 heterocycles. The molecule has 0 spiro atoms. The fourth-order valence-corrected chi connectivity index (χ4v) is 1.35. The van der Waals surface area contributed by atoms with E-state index in [2.05, 4.69) is 19.4 Å². The Balaban J connectivity index is 2.43. The minimum absolute atomic E-state index is 0.245. The van der Waals surface area contributed by atoms with Crippen LogP contribution in [0.3, 0.4) is 0 Å². The van der Waals surface area contributed by atoms with E-state index in [-0.39, 0.29) is 6.61 Å². The van der Waals surface area contributed by atoms with Gasteiger partial charge in [0.1, 0.15) is 0 Å². The molecule has 6 heteroatoms. The molecule has 15 heavy (non-hydrogen) atoms. The van der Waals surface area contributed by atoms with Gasteiger partial charge in [0.25, 0.3) is 0 Å². The molecular weight excluding hydrogens is 206 g/mol. The number of fused-ring (bicyclic) bond motifs is 1. The predicted octanol–water partition coefficient (Wildman–Crippen LogP) is -0.0437. The molecule has 1 N–H and O–H groups in total. The Hall–Kier alpha value is -1.27. The maximum atomic E-state index is 12.9. The Kier molecular flexibility index (Phi) is 2.54. The Morgan fingerprint density at radius 2 is 2.40 bits per heavy atom. The average molecular weight is 216 g/mol. The van der Waals surface area contributed by atoms with Crippen molar-refractivity contribution >= 4 is 12.2 Å². The first-order chi connectivity index (χ1) is 7.07. The van der Waals surface area contributed by atoms with Gasteiger partial charge in [-0.25, -0.2) is 4.98 Å². The number of imidazole rings is 1. The molecule has 1 aromatic heterocycles. The zero-order chi connectivity index (χ0) is 10.9. The number of nitrogens with zero attached hydrogens (tertiary/aromatic N) is 1. The summed E-state index contributed by atoms with van der Waals surface area (Å²) >= 11 is 0. The molecule has 0 aliphatic carbocycles. The highest BCUT2D eigenvalue weighted by atomic mass is 19.3. The zero-order valence-corrected chi connectivity index (χ0v) is 8.04. The van der Waals surface area contributed by atoms with Crippen molar-refractivity contribution in [1.82, 2.24) is 9.97 Å². The molecule has 4 nitrogen and oxygen atoms in total. The molecule has 0 amide bonds. The van der Waals surface area contributed by atoms with Crippen molar-refractivity contribution in [3.63, 3.8) is 0 Å². The second kappa shape index (κ2) is 3.71. The van der Waals surface area contributed by atoms with Crippen LogP contribution in [0.5, 0.6) is 0 Å². The number of alkyl halides is 2. The summed E-state index contributed by atoms with van der Waals surface area (Å²) in [5.74, 6) is 0. The number of H-pyrrole nitrogens is 1. The van der Waals surface area contributed by atoms with E-state index in [4.69, 9.17) is 0 Å². The Morgan fingerprint density at radius 1 is 1.60 bits per heavy atom. The van der Waals surface area contributed by atoms with Crippen molar-refractivity contribution < 1.29 is 18.3 Å². The van der Waals surface area contributed by atoms with Crippen LogP contribution in [-0.4, -0.2) is 29.0 Å². The number of hydrogen-bond donors (Lipinski definition) is 1. The third-order valence-electron chi connectivity index (χ3n) is 1.95. The third kappa shape index (κ3) is 2.40. The van der Waals surface area contributed by atoms with Gasteiger partial charge < -0.3 is 4.98 Å². The number of ether oxygens (including phenoxy) is 2. The first-order valence-electron chi connectivity index (χ1n) is 4.48. The van der Waals surface area contributed by atoms with Gasteiger partial charge in [0.15, 0.2) is 0 Å². The van der Waals surface area contributed by atoms with Crippen LogP contribution >= 0.6 is 0 Å². The molecule has 1 aliphatic heterocycles. The lowest BCUT2D eigenvalue weighted by atomic mass is 10.3. The summed E-state index contributed by atoms with van der Waals surface area (Å²) in [5, 5.41) is 1.24. The monoisotopic (exact) mass is 216 g/mol. The standard InChI is InChI=1S/C9H10F2N2O2/c1-6-4-8-7(12-5-13-8)2-3-14-9(10,11)15-6/h2,4-6H,3H2,1H3,(H,12,13)/b7-2+,8-4+. The molecule has 1 aliphatic rings. The van der Waals surface area contributed by atoms with Crippen LogP contribution in [0.4, 0.5) is 8.78 Å². The van der Waals surface area contributed by atoms with E-state index in [1.54, 1.807) is 0 Å². The number of aromatic nitrogens is 2. The van der Waals surface area contributed by atoms with E-state index in [0.29, 0.717) is 10.7 Å². The van der Waals surface area contributed by atoms with Crippen LogP contribution in [0.1, 0.15) is 6.92 Å². The highest BCUT2D eigenvalue weighted by Gasteiger charge is 2.33. The quantitative estimate of drug-likeness (QED) is 0.661. The smallest absolute Gasteiger partial charge is 0.345 e. The topological polar surface area (TPSA) is 47.1 Å². The summed E-state index contributed by atoms with van der Waals surface area (Å²) in [4.78, 5) is 6.79. The van der Waals surface area contributed by atoms with E-state index in [1.165, 1.54) is 25.4 Å². The van der Waals surface area contributed by atoms with Gasteiger partial charge in [-0.3, -0.25) is 9.47 Å². The van der Waals surface area contributed by atoms with Gasteiger partial charge in [0.2, 0.25) is 0 Å². The van der Waals surface area contributed by atoms with E-state index < -0.39 is 12.4 Å². The highest BCUT2D eigenvalue weighted by molar-refractivity contribution is 5.28. The van der Waals surface area contributed by atoms with Crippen molar-refractivity contribution in [3.05, 3.63) is 17.0 Å². The molecule has 0 fully saturated rings. The third-order valence-corrected chi connectivity index (χ3v) is 1.95. The van der Waals surface area contributed by atoms with Gasteiger partial charge in [-0.1, -0.05) is 0 Å².